The van der Waals surface area contributed by atoms with Gasteiger partial charge in [0.05, 0.1) is 0 Å². The second kappa shape index (κ2) is 3.21. The zero-order chi connectivity index (χ0) is 6.69. The van der Waals surface area contributed by atoms with Crippen molar-refractivity contribution >= 4 is 0 Å². The van der Waals surface area contributed by atoms with Crippen molar-refractivity contribution < 1.29 is 0 Å². The molecule has 1 nitrogen and oxygen atoms in total. The monoisotopic (exact) mass is 127 g/mol. The number of nitrogens with one attached hydrogen (secondary N) is 1. The Balaban J connectivity index is 2.25. The second-order valence-electron chi connectivity index (χ2n) is 3.45. The van der Waals surface area contributed by atoms with Crippen LogP contribution in [0, 0.1) is 11.8 Å². The van der Waals surface area contributed by atoms with E-state index in [0.29, 0.717) is 0 Å². The molecular formula is C8H17N. The molecule has 1 heteroatoms. The van der Waals surface area contributed by atoms with E-state index in [1.807, 2.05) is 0 Å². The van der Waals surface area contributed by atoms with Crippen LogP contribution in [0.5, 0.6) is 0 Å². The summed E-state index contributed by atoms with van der Waals surface area (Å²) in [6.07, 6.45) is 2.82. The molecule has 1 aliphatic rings. The molecule has 0 aromatic rings. The minimum absolute atomic E-state index is 0.898. The summed E-state index contributed by atoms with van der Waals surface area (Å²) >= 11 is 0. The van der Waals surface area contributed by atoms with E-state index in [9.17, 15) is 0 Å². The summed E-state index contributed by atoms with van der Waals surface area (Å²) in [5, 5.41) is 3.45. The summed E-state index contributed by atoms with van der Waals surface area (Å²) in [4.78, 5) is 0. The van der Waals surface area contributed by atoms with E-state index in [-0.39, 0.29) is 0 Å². The standard InChI is InChI=1S/C8H17N/c1-7-3-4-8(2)6-9-5-7/h7-9H,3-6H2,1-2H3. The second-order valence-corrected chi connectivity index (χ2v) is 3.45. The average molecular weight is 127 g/mol. The highest BCUT2D eigenvalue weighted by Gasteiger charge is 2.10. The highest BCUT2D eigenvalue weighted by Crippen LogP contribution is 2.14. The Labute approximate surface area is 57.8 Å². The van der Waals surface area contributed by atoms with Gasteiger partial charge in [-0.25, -0.2) is 0 Å². The topological polar surface area (TPSA) is 12.0 Å². The van der Waals surface area contributed by atoms with Crippen LogP contribution in [0.3, 0.4) is 0 Å². The van der Waals surface area contributed by atoms with Crippen molar-refractivity contribution in [1.82, 2.24) is 5.32 Å². The van der Waals surface area contributed by atoms with Crippen LogP contribution in [0.1, 0.15) is 26.7 Å². The molecule has 2 unspecified atom stereocenters. The van der Waals surface area contributed by atoms with Gasteiger partial charge in [-0.1, -0.05) is 13.8 Å². The van der Waals surface area contributed by atoms with E-state index in [1.165, 1.54) is 25.9 Å². The minimum Gasteiger partial charge on any atom is -0.316 e. The molecule has 1 aliphatic heterocycles. The molecule has 1 fully saturated rings. The van der Waals surface area contributed by atoms with Crippen LogP contribution in [0.2, 0.25) is 0 Å². The van der Waals surface area contributed by atoms with Gasteiger partial charge in [-0.15, -0.1) is 0 Å². The maximum absolute atomic E-state index is 3.45. The molecule has 0 aromatic heterocycles. The van der Waals surface area contributed by atoms with Gasteiger partial charge in [0.1, 0.15) is 0 Å². The predicted octanol–water partition coefficient (Wildman–Crippen LogP) is 1.64. The van der Waals surface area contributed by atoms with Crippen LogP contribution < -0.4 is 5.32 Å². The van der Waals surface area contributed by atoms with E-state index >= 15 is 0 Å². The Kier molecular flexibility index (Phi) is 2.52. The molecule has 1 saturated heterocycles. The first-order valence-electron chi connectivity index (χ1n) is 3.99. The van der Waals surface area contributed by atoms with Gasteiger partial charge >= 0.3 is 0 Å². The van der Waals surface area contributed by atoms with Gasteiger partial charge in [-0.3, -0.25) is 0 Å². The van der Waals surface area contributed by atoms with Crippen molar-refractivity contribution in [3.8, 4) is 0 Å². The lowest BCUT2D eigenvalue weighted by atomic mass is 10.0. The highest BCUT2D eigenvalue weighted by molar-refractivity contribution is 4.67. The molecule has 1 rings (SSSR count). The summed E-state index contributed by atoms with van der Waals surface area (Å²) in [6, 6.07) is 0. The first-order valence-corrected chi connectivity index (χ1v) is 3.99. The summed E-state index contributed by atoms with van der Waals surface area (Å²) in [7, 11) is 0. The van der Waals surface area contributed by atoms with Crippen LogP contribution >= 0.6 is 0 Å². The lowest BCUT2D eigenvalue weighted by molar-refractivity contribution is 0.498. The molecule has 0 spiro atoms. The van der Waals surface area contributed by atoms with Crippen molar-refractivity contribution in [2.75, 3.05) is 13.1 Å². The largest absolute Gasteiger partial charge is 0.316 e. The molecule has 0 radical (unpaired) electrons. The zero-order valence-electron chi connectivity index (χ0n) is 6.48. The van der Waals surface area contributed by atoms with Crippen molar-refractivity contribution in [3.05, 3.63) is 0 Å². The van der Waals surface area contributed by atoms with Gasteiger partial charge in [-0.2, -0.15) is 0 Å². The quantitative estimate of drug-likeness (QED) is 0.521. The molecule has 9 heavy (non-hydrogen) atoms. The Bertz CT molecular complexity index is 70.6. The predicted molar refractivity (Wildman–Crippen MR) is 40.4 cm³/mol. The molecule has 1 heterocycles. The van der Waals surface area contributed by atoms with Crippen molar-refractivity contribution in [1.29, 1.82) is 0 Å². The molecule has 0 bridgehead atoms. The van der Waals surface area contributed by atoms with E-state index < -0.39 is 0 Å². The molecular weight excluding hydrogens is 110 g/mol. The minimum atomic E-state index is 0.898. The van der Waals surface area contributed by atoms with E-state index in [2.05, 4.69) is 19.2 Å². The third-order valence-corrected chi connectivity index (χ3v) is 2.14. The number of hydrogen-bond acceptors (Lipinski definition) is 1. The average Bonchev–Trinajstić information content (AvgIpc) is 1.97. The molecule has 0 amide bonds. The summed E-state index contributed by atoms with van der Waals surface area (Å²) in [5.41, 5.74) is 0. The molecule has 0 aliphatic carbocycles. The molecule has 0 aromatic carbocycles. The van der Waals surface area contributed by atoms with Crippen LogP contribution in [-0.4, -0.2) is 13.1 Å². The molecule has 1 N–H and O–H groups in total. The third-order valence-electron chi connectivity index (χ3n) is 2.14. The lowest BCUT2D eigenvalue weighted by Crippen LogP contribution is -2.21. The molecule has 0 saturated carbocycles. The van der Waals surface area contributed by atoms with Gasteiger partial charge in [0.15, 0.2) is 0 Å². The summed E-state index contributed by atoms with van der Waals surface area (Å²) in [6.45, 7) is 7.10. The Morgan fingerprint density at radius 1 is 1.00 bits per heavy atom. The van der Waals surface area contributed by atoms with Gasteiger partial charge < -0.3 is 5.32 Å². The van der Waals surface area contributed by atoms with Crippen LogP contribution in [-0.2, 0) is 0 Å². The van der Waals surface area contributed by atoms with Gasteiger partial charge in [0.2, 0.25) is 0 Å². The number of rotatable bonds is 0. The van der Waals surface area contributed by atoms with Crippen LogP contribution in [0.25, 0.3) is 0 Å². The first-order chi connectivity index (χ1) is 4.29. The van der Waals surface area contributed by atoms with Crippen molar-refractivity contribution in [2.24, 2.45) is 11.8 Å². The van der Waals surface area contributed by atoms with E-state index in [1.54, 1.807) is 0 Å². The zero-order valence-corrected chi connectivity index (χ0v) is 6.48. The van der Waals surface area contributed by atoms with Crippen molar-refractivity contribution in [3.63, 3.8) is 0 Å². The fourth-order valence-corrected chi connectivity index (χ4v) is 1.35. The Hall–Kier alpha value is -0.0400. The SMILES string of the molecule is CC1CCC(C)CNC1. The molecule has 2 atom stereocenters. The maximum atomic E-state index is 3.45. The maximum Gasteiger partial charge on any atom is -0.00230 e. The highest BCUT2D eigenvalue weighted by atomic mass is 14.9. The molecule has 54 valence electrons. The Morgan fingerprint density at radius 2 is 1.44 bits per heavy atom. The van der Waals surface area contributed by atoms with Gasteiger partial charge in [-0.05, 0) is 37.8 Å². The fraction of sp³-hybridized carbons (Fsp3) is 1.00. The van der Waals surface area contributed by atoms with Crippen LogP contribution in [0.15, 0.2) is 0 Å². The van der Waals surface area contributed by atoms with E-state index in [4.69, 9.17) is 0 Å². The van der Waals surface area contributed by atoms with Crippen LogP contribution in [0.4, 0.5) is 0 Å². The Morgan fingerprint density at radius 3 is 1.89 bits per heavy atom. The lowest BCUT2D eigenvalue weighted by Gasteiger charge is -2.04. The normalized spacial score (nSPS) is 38.0. The van der Waals surface area contributed by atoms with E-state index in [0.717, 1.165) is 11.8 Å². The van der Waals surface area contributed by atoms with Gasteiger partial charge in [0.25, 0.3) is 0 Å². The summed E-state index contributed by atoms with van der Waals surface area (Å²) < 4.78 is 0. The van der Waals surface area contributed by atoms with Gasteiger partial charge in [0, 0.05) is 0 Å². The first kappa shape index (κ1) is 7.07. The third kappa shape index (κ3) is 2.35. The fourth-order valence-electron chi connectivity index (χ4n) is 1.35. The smallest absolute Gasteiger partial charge is 0.00230 e. The number of hydrogen-bond donors (Lipinski definition) is 1. The van der Waals surface area contributed by atoms with Crippen molar-refractivity contribution in [2.45, 2.75) is 26.7 Å². The summed E-state index contributed by atoms with van der Waals surface area (Å²) in [5.74, 6) is 1.80.